The molecule has 0 radical (unpaired) electrons. The number of aromatic nitrogens is 2. The van der Waals surface area contributed by atoms with Crippen molar-refractivity contribution in [2.75, 3.05) is 57.3 Å². The number of piperazine rings is 1. The lowest BCUT2D eigenvalue weighted by Crippen LogP contribution is -2.49. The number of carbonyl (C=O) groups is 1. The molecule has 200 valence electrons. The van der Waals surface area contributed by atoms with Crippen LogP contribution in [0.5, 0.6) is 0 Å². The van der Waals surface area contributed by atoms with Crippen molar-refractivity contribution >= 4 is 34.4 Å². The van der Waals surface area contributed by atoms with Gasteiger partial charge in [-0.1, -0.05) is 6.58 Å². The zero-order valence-corrected chi connectivity index (χ0v) is 22.0. The summed E-state index contributed by atoms with van der Waals surface area (Å²) in [6, 6.07) is 5.14. The smallest absolute Gasteiger partial charge is 0.350 e. The molecule has 2 aliphatic heterocycles. The van der Waals surface area contributed by atoms with Crippen LogP contribution in [-0.4, -0.2) is 72.8 Å². The number of methoxy groups -OCH3 is 1. The van der Waals surface area contributed by atoms with Gasteiger partial charge in [-0.2, -0.15) is 4.98 Å². The molecule has 0 bridgehead atoms. The van der Waals surface area contributed by atoms with Crippen molar-refractivity contribution < 1.29 is 23.0 Å². The number of benzene rings is 2. The highest BCUT2D eigenvalue weighted by molar-refractivity contribution is 7.99. The molecule has 8 nitrogen and oxygen atoms in total. The average Bonchev–Trinajstić information content (AvgIpc) is 2.91. The molecule has 1 fully saturated rings. The monoisotopic (exact) mass is 542 g/mol. The predicted molar refractivity (Wildman–Crippen MR) is 143 cm³/mol. The summed E-state index contributed by atoms with van der Waals surface area (Å²) in [5, 5.41) is 0.760. The summed E-state index contributed by atoms with van der Waals surface area (Å²) in [5.41, 5.74) is 1.91. The third-order valence-corrected chi connectivity index (χ3v) is 8.14. The Morgan fingerprint density at radius 1 is 1.24 bits per heavy atom. The predicted octanol–water partition coefficient (Wildman–Crippen LogP) is 3.75. The molecule has 1 saturated heterocycles. The Hall–Kier alpha value is -3.28. The van der Waals surface area contributed by atoms with Crippen LogP contribution >= 0.6 is 11.8 Å². The maximum Gasteiger partial charge on any atom is 0.350 e. The molecule has 1 atom stereocenters. The Bertz CT molecular complexity index is 1470. The summed E-state index contributed by atoms with van der Waals surface area (Å²) in [7, 11) is 1.53. The Balaban J connectivity index is 1.69. The molecule has 3 aromatic rings. The lowest BCUT2D eigenvalue weighted by atomic mass is 9.97. The number of halogens is 2. The van der Waals surface area contributed by atoms with Crippen molar-refractivity contribution in [2.45, 2.75) is 17.9 Å². The molecule has 0 unspecified atom stereocenters. The van der Waals surface area contributed by atoms with E-state index < -0.39 is 17.3 Å². The summed E-state index contributed by atoms with van der Waals surface area (Å²) in [4.78, 5) is 34.6. The minimum absolute atomic E-state index is 0.0884. The van der Waals surface area contributed by atoms with Gasteiger partial charge >= 0.3 is 5.69 Å². The lowest BCUT2D eigenvalue weighted by molar-refractivity contribution is -0.126. The molecule has 0 N–H and O–H groups in total. The fourth-order valence-electron chi connectivity index (χ4n) is 5.15. The second kappa shape index (κ2) is 10.8. The van der Waals surface area contributed by atoms with Crippen molar-refractivity contribution in [1.29, 1.82) is 0 Å². The van der Waals surface area contributed by atoms with Crippen LogP contribution in [0.25, 0.3) is 22.0 Å². The number of hydrogen-bond acceptors (Lipinski definition) is 7. The zero-order chi connectivity index (χ0) is 27.0. The first-order valence-corrected chi connectivity index (χ1v) is 13.2. The largest absolute Gasteiger partial charge is 0.359 e. The minimum Gasteiger partial charge on any atom is -0.359 e. The van der Waals surface area contributed by atoms with Gasteiger partial charge < -0.3 is 19.3 Å². The highest BCUT2D eigenvalue weighted by Gasteiger charge is 2.31. The van der Waals surface area contributed by atoms with Crippen LogP contribution in [0.4, 0.5) is 14.6 Å². The molecule has 0 saturated carbocycles. The van der Waals surface area contributed by atoms with E-state index in [0.29, 0.717) is 48.8 Å². The van der Waals surface area contributed by atoms with Gasteiger partial charge in [-0.3, -0.25) is 9.36 Å². The van der Waals surface area contributed by atoms with Gasteiger partial charge in [0.25, 0.3) is 0 Å². The molecule has 5 rings (SSSR count). The first-order valence-electron chi connectivity index (χ1n) is 12.2. The Kier molecular flexibility index (Phi) is 7.51. The van der Waals surface area contributed by atoms with E-state index in [1.807, 2.05) is 17.9 Å². The molecular weight excluding hydrogens is 514 g/mol. The van der Waals surface area contributed by atoms with Crippen molar-refractivity contribution in [3.63, 3.8) is 0 Å². The van der Waals surface area contributed by atoms with E-state index in [-0.39, 0.29) is 30.9 Å². The van der Waals surface area contributed by atoms with E-state index in [2.05, 4.69) is 11.6 Å². The molecule has 3 heterocycles. The molecule has 0 aliphatic carbocycles. The SMILES string of the molecule is C=CC(=O)N1CCN(c2nc(=O)n3c4c(c(-c5ccc(F)cc5F)c(C)cc24)SC[C@@H]3COCOC)CC1. The Morgan fingerprint density at radius 3 is 2.68 bits per heavy atom. The number of anilines is 1. The maximum atomic E-state index is 15.0. The highest BCUT2D eigenvalue weighted by Crippen LogP contribution is 2.46. The van der Waals surface area contributed by atoms with Gasteiger partial charge in [-0.25, -0.2) is 13.6 Å². The van der Waals surface area contributed by atoms with Gasteiger partial charge in [0.05, 0.1) is 18.2 Å². The van der Waals surface area contributed by atoms with Gasteiger partial charge in [0, 0.05) is 66.5 Å². The first kappa shape index (κ1) is 26.3. The third kappa shape index (κ3) is 4.70. The number of carbonyl (C=O) groups excluding carboxylic acids is 1. The van der Waals surface area contributed by atoms with Crippen molar-refractivity contribution in [1.82, 2.24) is 14.5 Å². The highest BCUT2D eigenvalue weighted by atomic mass is 32.2. The molecule has 0 spiro atoms. The molecular formula is C27H28F2N4O4S. The van der Waals surface area contributed by atoms with Crippen molar-refractivity contribution in [2.24, 2.45) is 0 Å². The van der Waals surface area contributed by atoms with E-state index in [4.69, 9.17) is 9.47 Å². The van der Waals surface area contributed by atoms with E-state index in [1.54, 1.807) is 9.47 Å². The van der Waals surface area contributed by atoms with Crippen LogP contribution in [0.15, 0.2) is 46.6 Å². The third-order valence-electron chi connectivity index (χ3n) is 6.90. The number of nitrogens with zero attached hydrogens (tertiary/aromatic N) is 4. The molecule has 38 heavy (non-hydrogen) atoms. The van der Waals surface area contributed by atoms with Crippen LogP contribution in [0.2, 0.25) is 0 Å². The zero-order valence-electron chi connectivity index (χ0n) is 21.2. The lowest BCUT2D eigenvalue weighted by Gasteiger charge is -2.36. The summed E-state index contributed by atoms with van der Waals surface area (Å²) in [6.07, 6.45) is 1.30. The molecule has 2 aliphatic rings. The summed E-state index contributed by atoms with van der Waals surface area (Å²) in [6.45, 7) is 7.72. The summed E-state index contributed by atoms with van der Waals surface area (Å²) >= 11 is 1.52. The number of hydrogen-bond donors (Lipinski definition) is 0. The van der Waals surface area contributed by atoms with Crippen molar-refractivity contribution in [3.8, 4) is 11.1 Å². The molecule has 2 aromatic carbocycles. The quantitative estimate of drug-likeness (QED) is 0.256. The Labute approximate surface area is 222 Å². The number of aryl methyl sites for hydroxylation is 1. The standard InChI is InChI=1S/C27H28F2N4O4S/c1-4-22(34)31-7-9-32(10-8-31)26-20-11-16(2)23(19-6-5-17(28)12-21(19)29)25-24(20)33(27(35)30-26)18(14-38-25)13-37-15-36-3/h4-6,11-12,18H,1,7-10,13-15H2,2-3H3/t18-/m0/s1. The summed E-state index contributed by atoms with van der Waals surface area (Å²) in [5.74, 6) is -0.415. The van der Waals surface area contributed by atoms with Crippen LogP contribution in [0.1, 0.15) is 11.6 Å². The molecule has 1 amide bonds. The van der Waals surface area contributed by atoms with E-state index >= 15 is 4.39 Å². The van der Waals surface area contributed by atoms with Gasteiger partial charge in [0.1, 0.15) is 24.2 Å². The fourth-order valence-corrected chi connectivity index (χ4v) is 6.51. The van der Waals surface area contributed by atoms with Gasteiger partial charge in [0.15, 0.2) is 0 Å². The molecule has 1 aromatic heterocycles. The van der Waals surface area contributed by atoms with E-state index in [1.165, 1.54) is 37.1 Å². The number of amides is 1. The average molecular weight is 543 g/mol. The van der Waals surface area contributed by atoms with Crippen molar-refractivity contribution in [3.05, 3.63) is 64.6 Å². The van der Waals surface area contributed by atoms with Crippen LogP contribution in [0, 0.1) is 18.6 Å². The number of thioether (sulfide) groups is 1. The first-order chi connectivity index (χ1) is 18.3. The van der Waals surface area contributed by atoms with E-state index in [0.717, 1.165) is 21.9 Å². The van der Waals surface area contributed by atoms with Gasteiger partial charge in [0.2, 0.25) is 5.91 Å². The van der Waals surface area contributed by atoms with Crippen LogP contribution in [-0.2, 0) is 14.3 Å². The topological polar surface area (TPSA) is 76.9 Å². The number of ether oxygens (including phenoxy) is 2. The normalized spacial score (nSPS) is 17.2. The van der Waals surface area contributed by atoms with E-state index in [9.17, 15) is 14.0 Å². The molecule has 11 heteroatoms. The Morgan fingerprint density at radius 2 is 2.00 bits per heavy atom. The van der Waals surface area contributed by atoms with Gasteiger partial charge in [-0.05, 0) is 36.8 Å². The fraction of sp³-hybridized carbons (Fsp3) is 0.370. The van der Waals surface area contributed by atoms with Gasteiger partial charge in [-0.15, -0.1) is 11.8 Å². The minimum atomic E-state index is -0.666. The second-order valence-corrected chi connectivity index (χ2v) is 10.3. The maximum absolute atomic E-state index is 15.0. The number of rotatable bonds is 7. The second-order valence-electron chi connectivity index (χ2n) is 9.26. The van der Waals surface area contributed by atoms with Crippen LogP contribution < -0.4 is 10.6 Å². The van der Waals surface area contributed by atoms with Crippen LogP contribution in [0.3, 0.4) is 0 Å². The summed E-state index contributed by atoms with van der Waals surface area (Å²) < 4.78 is 41.0.